The molecule has 0 unspecified atom stereocenters. The third-order valence-corrected chi connectivity index (χ3v) is 3.76. The summed E-state index contributed by atoms with van der Waals surface area (Å²) in [6.45, 7) is 3.61. The van der Waals surface area contributed by atoms with Crippen LogP contribution in [0.15, 0.2) is 47.3 Å². The minimum absolute atomic E-state index is 0.196. The van der Waals surface area contributed by atoms with Crippen molar-refractivity contribution in [3.8, 4) is 11.3 Å². The van der Waals surface area contributed by atoms with Crippen molar-refractivity contribution in [1.29, 1.82) is 0 Å². The maximum absolute atomic E-state index is 12.3. The first-order chi connectivity index (χ1) is 12.4. The first-order valence-corrected chi connectivity index (χ1v) is 8.41. The minimum Gasteiger partial charge on any atom is -0.467 e. The average Bonchev–Trinajstić information content (AvgIpc) is 2.62. The molecule has 1 aromatic heterocycles. The highest BCUT2D eigenvalue weighted by Crippen LogP contribution is 2.14. The molecule has 2 aromatic rings. The molecule has 0 bridgehead atoms. The Balaban J connectivity index is 2.15. The number of carbonyl (C=O) groups excluding carboxylic acids is 2. The third-order valence-electron chi connectivity index (χ3n) is 3.76. The highest BCUT2D eigenvalue weighted by molar-refractivity contribution is 5.84. The summed E-state index contributed by atoms with van der Waals surface area (Å²) in [4.78, 5) is 36.1. The highest BCUT2D eigenvalue weighted by Gasteiger charge is 2.23. The second-order valence-electron chi connectivity index (χ2n) is 6.35. The Morgan fingerprint density at radius 1 is 1.15 bits per heavy atom. The van der Waals surface area contributed by atoms with Gasteiger partial charge in [0.2, 0.25) is 5.91 Å². The van der Waals surface area contributed by atoms with Crippen molar-refractivity contribution in [3.63, 3.8) is 0 Å². The molecule has 0 aliphatic rings. The van der Waals surface area contributed by atoms with Gasteiger partial charge in [-0.15, -0.1) is 0 Å². The van der Waals surface area contributed by atoms with E-state index >= 15 is 0 Å². The molecule has 1 heterocycles. The minimum atomic E-state index is -0.750. The van der Waals surface area contributed by atoms with E-state index in [-0.39, 0.29) is 12.5 Å². The molecule has 0 saturated carbocycles. The molecule has 0 aliphatic heterocycles. The Bertz CT molecular complexity index is 815. The number of amides is 1. The molecule has 0 radical (unpaired) electrons. The number of benzene rings is 1. The molecule has 2 rings (SSSR count). The lowest BCUT2D eigenvalue weighted by Crippen LogP contribution is -2.44. The lowest BCUT2D eigenvalue weighted by molar-refractivity contribution is -0.145. The summed E-state index contributed by atoms with van der Waals surface area (Å²) in [7, 11) is 1.28. The molecule has 1 N–H and O–H groups in total. The van der Waals surface area contributed by atoms with Crippen molar-refractivity contribution in [2.75, 3.05) is 7.11 Å². The molecule has 0 aliphatic carbocycles. The number of carbonyl (C=O) groups is 2. The third kappa shape index (κ3) is 5.27. The smallest absolute Gasteiger partial charge is 0.328 e. The number of methoxy groups -OCH3 is 1. The summed E-state index contributed by atoms with van der Waals surface area (Å²) in [5.74, 6) is -0.784. The van der Waals surface area contributed by atoms with Gasteiger partial charge in [-0.05, 0) is 18.4 Å². The summed E-state index contributed by atoms with van der Waals surface area (Å²) in [6.07, 6.45) is 0.449. The fourth-order valence-electron chi connectivity index (χ4n) is 2.53. The van der Waals surface area contributed by atoms with E-state index in [4.69, 9.17) is 4.74 Å². The molecule has 7 nitrogen and oxygen atoms in total. The van der Waals surface area contributed by atoms with E-state index in [1.807, 2.05) is 44.2 Å². The molecular weight excluding hydrogens is 334 g/mol. The Labute approximate surface area is 152 Å². The first-order valence-electron chi connectivity index (χ1n) is 8.41. The lowest BCUT2D eigenvalue weighted by Gasteiger charge is -2.18. The topological polar surface area (TPSA) is 90.3 Å². The summed E-state index contributed by atoms with van der Waals surface area (Å²) in [5, 5.41) is 6.86. The van der Waals surface area contributed by atoms with Crippen LogP contribution in [-0.2, 0) is 20.9 Å². The summed E-state index contributed by atoms with van der Waals surface area (Å²) >= 11 is 0. The van der Waals surface area contributed by atoms with E-state index in [0.29, 0.717) is 12.1 Å². The van der Waals surface area contributed by atoms with Crippen LogP contribution in [-0.4, -0.2) is 34.8 Å². The van der Waals surface area contributed by atoms with Crippen LogP contribution in [0.1, 0.15) is 20.3 Å². The predicted octanol–water partition coefficient (Wildman–Crippen LogP) is 1.61. The van der Waals surface area contributed by atoms with Gasteiger partial charge in [0.25, 0.3) is 5.56 Å². The van der Waals surface area contributed by atoms with Crippen LogP contribution >= 0.6 is 0 Å². The Hall–Kier alpha value is -2.96. The maximum Gasteiger partial charge on any atom is 0.328 e. The molecule has 0 spiro atoms. The van der Waals surface area contributed by atoms with Gasteiger partial charge in [-0.25, -0.2) is 9.48 Å². The fraction of sp³-hybridized carbons (Fsp3) is 0.368. The van der Waals surface area contributed by atoms with Gasteiger partial charge in [-0.3, -0.25) is 9.59 Å². The molecule has 26 heavy (non-hydrogen) atoms. The van der Waals surface area contributed by atoms with Crippen LogP contribution in [0.25, 0.3) is 11.3 Å². The number of nitrogens with one attached hydrogen (secondary N) is 1. The van der Waals surface area contributed by atoms with Crippen LogP contribution in [0.2, 0.25) is 0 Å². The van der Waals surface area contributed by atoms with Crippen LogP contribution in [0.5, 0.6) is 0 Å². The van der Waals surface area contributed by atoms with Gasteiger partial charge in [0, 0.05) is 11.6 Å². The summed E-state index contributed by atoms with van der Waals surface area (Å²) in [5.41, 5.74) is 1.04. The zero-order valence-corrected chi connectivity index (χ0v) is 15.1. The number of aromatic nitrogens is 2. The SMILES string of the molecule is COC(=O)[C@H](CC(C)C)NC(=O)Cn1nc(-c2ccccc2)ccc1=O. The van der Waals surface area contributed by atoms with Crippen LogP contribution in [0.4, 0.5) is 0 Å². The van der Waals surface area contributed by atoms with Crippen LogP contribution < -0.4 is 10.9 Å². The molecule has 0 saturated heterocycles. The van der Waals surface area contributed by atoms with Crippen LogP contribution in [0, 0.1) is 5.92 Å². The Morgan fingerprint density at radius 2 is 1.85 bits per heavy atom. The average molecular weight is 357 g/mol. The maximum atomic E-state index is 12.3. The first kappa shape index (κ1) is 19.4. The second kappa shape index (κ2) is 8.94. The number of hydrogen-bond acceptors (Lipinski definition) is 5. The number of ether oxygens (including phenoxy) is 1. The molecule has 0 fully saturated rings. The monoisotopic (exact) mass is 357 g/mol. The van der Waals surface area contributed by atoms with E-state index in [9.17, 15) is 14.4 Å². The van der Waals surface area contributed by atoms with E-state index in [1.165, 1.54) is 13.2 Å². The second-order valence-corrected chi connectivity index (χ2v) is 6.35. The van der Waals surface area contributed by atoms with E-state index < -0.39 is 23.5 Å². The summed E-state index contributed by atoms with van der Waals surface area (Å²) < 4.78 is 5.81. The molecule has 7 heteroatoms. The van der Waals surface area contributed by atoms with Gasteiger partial charge in [0.15, 0.2) is 0 Å². The lowest BCUT2D eigenvalue weighted by atomic mass is 10.0. The fourth-order valence-corrected chi connectivity index (χ4v) is 2.53. The number of esters is 1. The van der Waals surface area contributed by atoms with E-state index in [0.717, 1.165) is 10.2 Å². The van der Waals surface area contributed by atoms with Gasteiger partial charge in [0.1, 0.15) is 12.6 Å². The molecular formula is C19H23N3O4. The van der Waals surface area contributed by atoms with Gasteiger partial charge in [-0.1, -0.05) is 44.2 Å². The standard InChI is InChI=1S/C19H23N3O4/c1-13(2)11-16(19(25)26-3)20-17(23)12-22-18(24)10-9-15(21-22)14-7-5-4-6-8-14/h4-10,13,16H,11-12H2,1-3H3,(H,20,23)/t16-/m0/s1. The van der Waals surface area contributed by atoms with Gasteiger partial charge >= 0.3 is 5.97 Å². The zero-order valence-electron chi connectivity index (χ0n) is 15.1. The van der Waals surface area contributed by atoms with Gasteiger partial charge < -0.3 is 10.1 Å². The number of nitrogens with zero attached hydrogens (tertiary/aromatic N) is 2. The Morgan fingerprint density at radius 3 is 2.46 bits per heavy atom. The van der Waals surface area contributed by atoms with E-state index in [1.54, 1.807) is 6.07 Å². The van der Waals surface area contributed by atoms with Crippen molar-refractivity contribution in [3.05, 3.63) is 52.8 Å². The highest BCUT2D eigenvalue weighted by atomic mass is 16.5. The van der Waals surface area contributed by atoms with Crippen molar-refractivity contribution >= 4 is 11.9 Å². The number of rotatable bonds is 7. The van der Waals surface area contributed by atoms with Crippen molar-refractivity contribution in [2.24, 2.45) is 5.92 Å². The largest absolute Gasteiger partial charge is 0.467 e. The molecule has 1 aromatic carbocycles. The molecule has 1 amide bonds. The normalized spacial score (nSPS) is 11.8. The van der Waals surface area contributed by atoms with Gasteiger partial charge in [0.05, 0.1) is 12.8 Å². The molecule has 138 valence electrons. The zero-order chi connectivity index (χ0) is 19.1. The van der Waals surface area contributed by atoms with Gasteiger partial charge in [-0.2, -0.15) is 5.10 Å². The summed E-state index contributed by atoms with van der Waals surface area (Å²) in [6, 6.07) is 11.6. The quantitative estimate of drug-likeness (QED) is 0.761. The van der Waals surface area contributed by atoms with Crippen molar-refractivity contribution in [1.82, 2.24) is 15.1 Å². The number of hydrogen-bond donors (Lipinski definition) is 1. The molecule has 1 atom stereocenters. The van der Waals surface area contributed by atoms with Crippen LogP contribution in [0.3, 0.4) is 0 Å². The van der Waals surface area contributed by atoms with Crippen molar-refractivity contribution < 1.29 is 14.3 Å². The Kier molecular flexibility index (Phi) is 6.66. The van der Waals surface area contributed by atoms with E-state index in [2.05, 4.69) is 10.4 Å². The van der Waals surface area contributed by atoms with Crippen molar-refractivity contribution in [2.45, 2.75) is 32.9 Å². The predicted molar refractivity (Wildman–Crippen MR) is 97.3 cm³/mol.